The minimum Gasteiger partial charge on any atom is -0.454 e. The first kappa shape index (κ1) is 14.5. The molecule has 4 rings (SSSR count). The number of nitrogens with zero attached hydrogens (tertiary/aromatic N) is 3. The van der Waals surface area contributed by atoms with Crippen LogP contribution in [0, 0.1) is 0 Å². The lowest BCUT2D eigenvalue weighted by Gasteiger charge is -2.08. The molecule has 0 atom stereocenters. The molecule has 0 amide bonds. The van der Waals surface area contributed by atoms with Crippen LogP contribution in [0.5, 0.6) is 11.5 Å². The fourth-order valence-corrected chi connectivity index (χ4v) is 2.33. The van der Waals surface area contributed by atoms with Crippen molar-refractivity contribution in [1.29, 1.82) is 0 Å². The molecule has 0 saturated carbocycles. The lowest BCUT2D eigenvalue weighted by Crippen LogP contribution is -2.02. The maximum absolute atomic E-state index is 5.88. The van der Waals surface area contributed by atoms with Crippen LogP contribution in [0.15, 0.2) is 48.7 Å². The van der Waals surface area contributed by atoms with Crippen LogP contribution in [0.3, 0.4) is 0 Å². The second kappa shape index (κ2) is 6.21. The molecule has 0 unspecified atom stereocenters. The zero-order chi connectivity index (χ0) is 16.4. The van der Waals surface area contributed by atoms with E-state index in [9.17, 15) is 0 Å². The Labute approximate surface area is 142 Å². The van der Waals surface area contributed by atoms with E-state index in [0.29, 0.717) is 22.5 Å². The van der Waals surface area contributed by atoms with Gasteiger partial charge in [0.05, 0.1) is 6.20 Å². The molecular weight excluding hydrogens is 330 g/mol. The number of nitrogens with one attached hydrogen (secondary N) is 2. The van der Waals surface area contributed by atoms with Gasteiger partial charge in [0.15, 0.2) is 17.3 Å². The molecule has 0 spiro atoms. The van der Waals surface area contributed by atoms with Crippen LogP contribution in [-0.2, 0) is 0 Å². The van der Waals surface area contributed by atoms with Gasteiger partial charge in [-0.25, -0.2) is 0 Å². The molecule has 24 heavy (non-hydrogen) atoms. The second-order valence-electron chi connectivity index (χ2n) is 4.99. The first-order chi connectivity index (χ1) is 11.8. The van der Waals surface area contributed by atoms with Gasteiger partial charge in [-0.15, -0.1) is 5.10 Å². The van der Waals surface area contributed by atoms with Gasteiger partial charge in [0, 0.05) is 22.5 Å². The molecule has 0 saturated heterocycles. The number of fused-ring (bicyclic) bond motifs is 1. The maximum Gasteiger partial charge on any atom is 0.249 e. The number of aromatic nitrogens is 3. The van der Waals surface area contributed by atoms with Crippen LogP contribution in [-0.4, -0.2) is 22.0 Å². The van der Waals surface area contributed by atoms with Gasteiger partial charge in [0.2, 0.25) is 12.7 Å². The average Bonchev–Trinajstić information content (AvgIpc) is 3.05. The standard InChI is InChI=1S/C16H12ClN5O2/c17-10-1-3-11(4-2-10)19-15-8-18-22-16(21-15)20-12-5-6-13-14(7-12)24-9-23-13/h1-8H,9H2,(H2,19,20,21,22). The predicted octanol–water partition coefficient (Wildman–Crippen LogP) is 3.74. The van der Waals surface area contributed by atoms with Gasteiger partial charge >= 0.3 is 0 Å². The highest BCUT2D eigenvalue weighted by atomic mass is 35.5. The van der Waals surface area contributed by atoms with Gasteiger partial charge in [-0.05, 0) is 36.4 Å². The summed E-state index contributed by atoms with van der Waals surface area (Å²) in [6, 6.07) is 12.8. The van der Waals surface area contributed by atoms with Gasteiger partial charge in [-0.2, -0.15) is 10.1 Å². The Balaban J connectivity index is 1.51. The monoisotopic (exact) mass is 341 g/mol. The molecule has 8 heteroatoms. The van der Waals surface area contributed by atoms with Crippen molar-refractivity contribution in [3.8, 4) is 11.5 Å². The smallest absolute Gasteiger partial charge is 0.249 e. The predicted molar refractivity (Wildman–Crippen MR) is 90.4 cm³/mol. The van der Waals surface area contributed by atoms with Crippen molar-refractivity contribution in [2.24, 2.45) is 0 Å². The minimum absolute atomic E-state index is 0.233. The molecule has 0 bridgehead atoms. The zero-order valence-electron chi connectivity index (χ0n) is 12.4. The van der Waals surface area contributed by atoms with Gasteiger partial charge in [-0.1, -0.05) is 11.6 Å². The number of anilines is 4. The maximum atomic E-state index is 5.88. The molecule has 1 aliphatic rings. The number of hydrogen-bond donors (Lipinski definition) is 2. The van der Waals surface area contributed by atoms with E-state index in [1.165, 1.54) is 0 Å². The molecule has 3 aromatic rings. The Morgan fingerprint density at radius 1 is 0.917 bits per heavy atom. The van der Waals surface area contributed by atoms with Crippen molar-refractivity contribution in [3.63, 3.8) is 0 Å². The average molecular weight is 342 g/mol. The van der Waals surface area contributed by atoms with Crippen LogP contribution in [0.1, 0.15) is 0 Å². The summed E-state index contributed by atoms with van der Waals surface area (Å²) >= 11 is 5.88. The van der Waals surface area contributed by atoms with Gasteiger partial charge in [0.1, 0.15) is 0 Å². The summed E-state index contributed by atoms with van der Waals surface area (Å²) in [4.78, 5) is 4.38. The summed E-state index contributed by atoms with van der Waals surface area (Å²) in [6.45, 7) is 0.233. The topological polar surface area (TPSA) is 81.2 Å². The van der Waals surface area contributed by atoms with E-state index in [4.69, 9.17) is 21.1 Å². The van der Waals surface area contributed by atoms with Gasteiger partial charge < -0.3 is 20.1 Å². The molecule has 0 radical (unpaired) electrons. The molecule has 7 nitrogen and oxygen atoms in total. The van der Waals surface area contributed by atoms with E-state index in [2.05, 4.69) is 25.8 Å². The fraction of sp³-hybridized carbons (Fsp3) is 0.0625. The highest BCUT2D eigenvalue weighted by Crippen LogP contribution is 2.34. The van der Waals surface area contributed by atoms with E-state index in [1.807, 2.05) is 30.3 Å². The fourth-order valence-electron chi connectivity index (χ4n) is 2.20. The summed E-state index contributed by atoms with van der Waals surface area (Å²) in [6.07, 6.45) is 1.54. The molecule has 120 valence electrons. The first-order valence-electron chi connectivity index (χ1n) is 7.15. The Kier molecular flexibility index (Phi) is 3.76. The van der Waals surface area contributed by atoms with Gasteiger partial charge in [0.25, 0.3) is 0 Å². The van der Waals surface area contributed by atoms with Crippen LogP contribution in [0.2, 0.25) is 5.02 Å². The molecule has 1 aromatic heterocycles. The number of ether oxygens (including phenoxy) is 2. The van der Waals surface area contributed by atoms with Crippen molar-refractivity contribution in [2.45, 2.75) is 0 Å². The molecule has 2 aromatic carbocycles. The van der Waals surface area contributed by atoms with E-state index in [-0.39, 0.29) is 6.79 Å². The van der Waals surface area contributed by atoms with E-state index in [0.717, 1.165) is 17.1 Å². The van der Waals surface area contributed by atoms with Gasteiger partial charge in [-0.3, -0.25) is 0 Å². The van der Waals surface area contributed by atoms with Crippen LogP contribution in [0.25, 0.3) is 0 Å². The molecule has 2 heterocycles. The van der Waals surface area contributed by atoms with E-state index >= 15 is 0 Å². The second-order valence-corrected chi connectivity index (χ2v) is 5.43. The Morgan fingerprint density at radius 3 is 2.58 bits per heavy atom. The van der Waals surface area contributed by atoms with Crippen molar-refractivity contribution in [2.75, 3.05) is 17.4 Å². The number of benzene rings is 2. The SMILES string of the molecule is Clc1ccc(Nc2cnnc(Nc3ccc4c(c3)OCO4)n2)cc1. The first-order valence-corrected chi connectivity index (χ1v) is 7.53. The lowest BCUT2D eigenvalue weighted by molar-refractivity contribution is 0.174. The van der Waals surface area contributed by atoms with Crippen LogP contribution >= 0.6 is 11.6 Å². The number of rotatable bonds is 4. The zero-order valence-corrected chi connectivity index (χ0v) is 13.1. The van der Waals surface area contributed by atoms with E-state index < -0.39 is 0 Å². The summed E-state index contributed by atoms with van der Waals surface area (Å²) in [5, 5.41) is 14.8. The third-order valence-electron chi connectivity index (χ3n) is 3.30. The van der Waals surface area contributed by atoms with Crippen molar-refractivity contribution in [1.82, 2.24) is 15.2 Å². The molecular formula is C16H12ClN5O2. The lowest BCUT2D eigenvalue weighted by atomic mass is 10.3. The summed E-state index contributed by atoms with van der Waals surface area (Å²) in [7, 11) is 0. The summed E-state index contributed by atoms with van der Waals surface area (Å²) in [5.74, 6) is 2.34. The number of halogens is 1. The minimum atomic E-state index is 0.233. The van der Waals surface area contributed by atoms with Crippen molar-refractivity contribution < 1.29 is 9.47 Å². The quantitative estimate of drug-likeness (QED) is 0.748. The molecule has 2 N–H and O–H groups in total. The van der Waals surface area contributed by atoms with Crippen LogP contribution < -0.4 is 20.1 Å². The largest absolute Gasteiger partial charge is 0.454 e. The van der Waals surface area contributed by atoms with E-state index in [1.54, 1.807) is 18.3 Å². The highest BCUT2D eigenvalue weighted by Gasteiger charge is 2.13. The highest BCUT2D eigenvalue weighted by molar-refractivity contribution is 6.30. The molecule has 1 aliphatic heterocycles. The summed E-state index contributed by atoms with van der Waals surface area (Å²) in [5.41, 5.74) is 1.64. The Morgan fingerprint density at radius 2 is 1.71 bits per heavy atom. The normalized spacial score (nSPS) is 12.0. The Bertz CT molecular complexity index is 873. The molecule has 0 aliphatic carbocycles. The Hall–Kier alpha value is -3.06. The van der Waals surface area contributed by atoms with Crippen molar-refractivity contribution in [3.05, 3.63) is 53.7 Å². The third kappa shape index (κ3) is 3.16. The van der Waals surface area contributed by atoms with Crippen molar-refractivity contribution >= 4 is 34.7 Å². The summed E-state index contributed by atoms with van der Waals surface area (Å²) < 4.78 is 10.6. The van der Waals surface area contributed by atoms with Crippen LogP contribution in [0.4, 0.5) is 23.1 Å². The number of hydrogen-bond acceptors (Lipinski definition) is 7. The molecule has 0 fully saturated rings. The third-order valence-corrected chi connectivity index (χ3v) is 3.56.